The highest BCUT2D eigenvalue weighted by molar-refractivity contribution is 6.20. The second-order valence-electron chi connectivity index (χ2n) is 4.74. The molecule has 0 saturated carbocycles. The molecule has 15 heavy (non-hydrogen) atoms. The Balaban J connectivity index is 3.60. The predicted octanol–water partition coefficient (Wildman–Crippen LogP) is 4.20. The first-order chi connectivity index (χ1) is 7.10. The Morgan fingerprint density at radius 3 is 2.33 bits per heavy atom. The van der Waals surface area contributed by atoms with E-state index in [2.05, 4.69) is 33.0 Å². The fourth-order valence-corrected chi connectivity index (χ4v) is 2.15. The van der Waals surface area contributed by atoms with Crippen LogP contribution in [-0.2, 0) is 0 Å². The molecular formula is C13H28ClN. The standard InChI is InChI=1S/C13H28ClN/c1-5-7-8-13(6-2)10-15-12(4)9-11(3)14/h11-13,15H,5-10H2,1-4H3. The fourth-order valence-electron chi connectivity index (χ4n) is 1.88. The van der Waals surface area contributed by atoms with Gasteiger partial charge >= 0.3 is 0 Å². The van der Waals surface area contributed by atoms with Gasteiger partial charge in [0.25, 0.3) is 0 Å². The van der Waals surface area contributed by atoms with Crippen LogP contribution in [0.2, 0.25) is 0 Å². The summed E-state index contributed by atoms with van der Waals surface area (Å²) in [7, 11) is 0. The fraction of sp³-hybridized carbons (Fsp3) is 1.00. The first kappa shape index (κ1) is 15.2. The Labute approximate surface area is 101 Å². The summed E-state index contributed by atoms with van der Waals surface area (Å²) in [4.78, 5) is 0. The third kappa shape index (κ3) is 9.19. The molecule has 0 rings (SSSR count). The lowest BCUT2D eigenvalue weighted by molar-refractivity contribution is 0.387. The highest BCUT2D eigenvalue weighted by atomic mass is 35.5. The normalized spacial score (nSPS) is 17.4. The lowest BCUT2D eigenvalue weighted by Gasteiger charge is -2.20. The smallest absolute Gasteiger partial charge is 0.0322 e. The van der Waals surface area contributed by atoms with Gasteiger partial charge in [0.15, 0.2) is 0 Å². The van der Waals surface area contributed by atoms with Crippen LogP contribution in [0.4, 0.5) is 0 Å². The Morgan fingerprint density at radius 1 is 1.20 bits per heavy atom. The van der Waals surface area contributed by atoms with Crippen molar-refractivity contribution in [3.05, 3.63) is 0 Å². The van der Waals surface area contributed by atoms with E-state index in [0.717, 1.165) is 18.9 Å². The summed E-state index contributed by atoms with van der Waals surface area (Å²) in [6.45, 7) is 10.00. The van der Waals surface area contributed by atoms with Gasteiger partial charge in [-0.3, -0.25) is 0 Å². The van der Waals surface area contributed by atoms with Gasteiger partial charge in [-0.15, -0.1) is 11.6 Å². The molecule has 3 atom stereocenters. The molecule has 92 valence electrons. The molecule has 0 aromatic heterocycles. The number of rotatable bonds is 9. The van der Waals surface area contributed by atoms with Crippen molar-refractivity contribution in [1.29, 1.82) is 0 Å². The van der Waals surface area contributed by atoms with Crippen LogP contribution in [0.1, 0.15) is 59.8 Å². The first-order valence-electron chi connectivity index (χ1n) is 6.47. The highest BCUT2D eigenvalue weighted by Gasteiger charge is 2.09. The van der Waals surface area contributed by atoms with Crippen molar-refractivity contribution in [3.8, 4) is 0 Å². The Bertz CT molecular complexity index is 136. The quantitative estimate of drug-likeness (QED) is 0.589. The van der Waals surface area contributed by atoms with Crippen LogP contribution < -0.4 is 5.32 Å². The molecule has 0 fully saturated rings. The van der Waals surface area contributed by atoms with Gasteiger partial charge in [-0.1, -0.05) is 33.1 Å². The van der Waals surface area contributed by atoms with Crippen LogP contribution in [0.3, 0.4) is 0 Å². The number of hydrogen-bond donors (Lipinski definition) is 1. The molecule has 3 unspecified atom stereocenters. The average molecular weight is 234 g/mol. The van der Waals surface area contributed by atoms with Gasteiger partial charge in [0.1, 0.15) is 0 Å². The van der Waals surface area contributed by atoms with E-state index in [1.165, 1.54) is 25.7 Å². The van der Waals surface area contributed by atoms with Crippen LogP contribution in [0, 0.1) is 5.92 Å². The third-order valence-corrected chi connectivity index (χ3v) is 3.15. The van der Waals surface area contributed by atoms with E-state index in [1.54, 1.807) is 0 Å². The molecule has 0 amide bonds. The summed E-state index contributed by atoms with van der Waals surface area (Å²) < 4.78 is 0. The summed E-state index contributed by atoms with van der Waals surface area (Å²) in [5.41, 5.74) is 0. The van der Waals surface area contributed by atoms with Crippen molar-refractivity contribution in [2.45, 2.75) is 71.2 Å². The van der Waals surface area contributed by atoms with E-state index in [9.17, 15) is 0 Å². The number of halogens is 1. The molecule has 0 spiro atoms. The minimum atomic E-state index is 0.281. The molecule has 0 aliphatic heterocycles. The van der Waals surface area contributed by atoms with Gasteiger partial charge in [-0.05, 0) is 39.2 Å². The van der Waals surface area contributed by atoms with Crippen molar-refractivity contribution in [1.82, 2.24) is 5.32 Å². The lowest BCUT2D eigenvalue weighted by Crippen LogP contribution is -2.32. The first-order valence-corrected chi connectivity index (χ1v) is 6.91. The molecule has 0 radical (unpaired) electrons. The Kier molecular flexibility index (Phi) is 9.63. The van der Waals surface area contributed by atoms with Gasteiger partial charge in [-0.2, -0.15) is 0 Å². The zero-order valence-corrected chi connectivity index (χ0v) is 11.6. The summed E-state index contributed by atoms with van der Waals surface area (Å²) >= 11 is 5.97. The van der Waals surface area contributed by atoms with Crippen LogP contribution in [0.25, 0.3) is 0 Å². The Morgan fingerprint density at radius 2 is 1.87 bits per heavy atom. The number of hydrogen-bond acceptors (Lipinski definition) is 1. The maximum Gasteiger partial charge on any atom is 0.0322 e. The van der Waals surface area contributed by atoms with Crippen molar-refractivity contribution in [2.75, 3.05) is 6.54 Å². The third-order valence-electron chi connectivity index (χ3n) is 2.98. The van der Waals surface area contributed by atoms with E-state index >= 15 is 0 Å². The van der Waals surface area contributed by atoms with E-state index in [1.807, 2.05) is 0 Å². The van der Waals surface area contributed by atoms with Crippen LogP contribution in [0.5, 0.6) is 0 Å². The van der Waals surface area contributed by atoms with Gasteiger partial charge in [0.2, 0.25) is 0 Å². The summed E-state index contributed by atoms with van der Waals surface area (Å²) in [5.74, 6) is 0.845. The topological polar surface area (TPSA) is 12.0 Å². The van der Waals surface area contributed by atoms with Crippen LogP contribution >= 0.6 is 11.6 Å². The monoisotopic (exact) mass is 233 g/mol. The summed E-state index contributed by atoms with van der Waals surface area (Å²) in [5, 5.41) is 3.87. The molecule has 0 aromatic rings. The molecule has 0 aliphatic rings. The lowest BCUT2D eigenvalue weighted by atomic mass is 9.99. The molecule has 2 heteroatoms. The largest absolute Gasteiger partial charge is 0.314 e. The Hall–Kier alpha value is 0.250. The SMILES string of the molecule is CCCCC(CC)CNC(C)CC(C)Cl. The van der Waals surface area contributed by atoms with E-state index in [-0.39, 0.29) is 5.38 Å². The molecule has 0 bridgehead atoms. The number of unbranched alkanes of at least 4 members (excludes halogenated alkanes) is 1. The molecule has 1 N–H and O–H groups in total. The molecule has 1 nitrogen and oxygen atoms in total. The van der Waals surface area contributed by atoms with E-state index in [4.69, 9.17) is 11.6 Å². The minimum Gasteiger partial charge on any atom is -0.314 e. The molecule has 0 aromatic carbocycles. The maximum absolute atomic E-state index is 5.97. The highest BCUT2D eigenvalue weighted by Crippen LogP contribution is 2.12. The second kappa shape index (κ2) is 9.47. The molecule has 0 heterocycles. The van der Waals surface area contributed by atoms with Crippen molar-refractivity contribution < 1.29 is 0 Å². The number of nitrogens with one attached hydrogen (secondary N) is 1. The van der Waals surface area contributed by atoms with Crippen LogP contribution in [0.15, 0.2) is 0 Å². The zero-order valence-electron chi connectivity index (χ0n) is 10.9. The molecular weight excluding hydrogens is 206 g/mol. The summed E-state index contributed by atoms with van der Waals surface area (Å²) in [6, 6.07) is 0.549. The molecule has 0 aliphatic carbocycles. The van der Waals surface area contributed by atoms with E-state index in [0.29, 0.717) is 6.04 Å². The van der Waals surface area contributed by atoms with Crippen molar-refractivity contribution in [3.63, 3.8) is 0 Å². The zero-order chi connectivity index (χ0) is 11.7. The van der Waals surface area contributed by atoms with Gasteiger partial charge < -0.3 is 5.32 Å². The second-order valence-corrected chi connectivity index (χ2v) is 5.49. The molecule has 0 saturated heterocycles. The van der Waals surface area contributed by atoms with E-state index < -0.39 is 0 Å². The average Bonchev–Trinajstić information content (AvgIpc) is 2.17. The van der Waals surface area contributed by atoms with Gasteiger partial charge in [0.05, 0.1) is 0 Å². The number of alkyl halides is 1. The predicted molar refractivity (Wildman–Crippen MR) is 70.7 cm³/mol. The van der Waals surface area contributed by atoms with Crippen molar-refractivity contribution in [2.24, 2.45) is 5.92 Å². The van der Waals surface area contributed by atoms with Crippen LogP contribution in [-0.4, -0.2) is 18.0 Å². The van der Waals surface area contributed by atoms with Gasteiger partial charge in [0, 0.05) is 11.4 Å². The minimum absolute atomic E-state index is 0.281. The summed E-state index contributed by atoms with van der Waals surface area (Å²) in [6.07, 6.45) is 6.39. The van der Waals surface area contributed by atoms with Crippen molar-refractivity contribution >= 4 is 11.6 Å². The maximum atomic E-state index is 5.97. The van der Waals surface area contributed by atoms with Gasteiger partial charge in [-0.25, -0.2) is 0 Å².